The summed E-state index contributed by atoms with van der Waals surface area (Å²) in [7, 11) is 0. The summed E-state index contributed by atoms with van der Waals surface area (Å²) in [4.78, 5) is 26.5. The second kappa shape index (κ2) is 8.44. The van der Waals surface area contributed by atoms with Crippen LogP contribution >= 0.6 is 0 Å². The Morgan fingerprint density at radius 2 is 1.68 bits per heavy atom. The van der Waals surface area contributed by atoms with E-state index in [9.17, 15) is 9.59 Å². The molecule has 1 N–H and O–H groups in total. The van der Waals surface area contributed by atoms with Crippen molar-refractivity contribution in [2.24, 2.45) is 0 Å². The van der Waals surface area contributed by atoms with Crippen molar-refractivity contribution in [2.75, 3.05) is 13.2 Å². The molecule has 2 aromatic carbocycles. The van der Waals surface area contributed by atoms with E-state index in [0.29, 0.717) is 26.2 Å². The molecule has 3 rings (SSSR count). The summed E-state index contributed by atoms with van der Waals surface area (Å²) in [6.45, 7) is 2.00. The topological polar surface area (TPSA) is 58.6 Å². The second-order valence-electron chi connectivity index (χ2n) is 6.07. The van der Waals surface area contributed by atoms with Crippen LogP contribution in [0.5, 0.6) is 0 Å². The van der Waals surface area contributed by atoms with Crippen LogP contribution in [0.1, 0.15) is 17.5 Å². The van der Waals surface area contributed by atoms with Crippen LogP contribution in [0.15, 0.2) is 60.7 Å². The first-order valence-corrected chi connectivity index (χ1v) is 8.47. The predicted octanol–water partition coefficient (Wildman–Crippen LogP) is 2.12. The zero-order valence-electron chi connectivity index (χ0n) is 14.1. The molecule has 1 atom stereocenters. The Balaban J connectivity index is 1.51. The van der Waals surface area contributed by atoms with Gasteiger partial charge in [0.2, 0.25) is 5.91 Å². The molecule has 2 aromatic rings. The van der Waals surface area contributed by atoms with Crippen LogP contribution in [0.25, 0.3) is 0 Å². The minimum atomic E-state index is -0.701. The number of carbonyl (C=O) groups excluding carboxylic acids is 2. The fraction of sp³-hybridized carbons (Fsp3) is 0.300. The average Bonchev–Trinajstić information content (AvgIpc) is 2.65. The quantitative estimate of drug-likeness (QED) is 0.878. The van der Waals surface area contributed by atoms with Crippen molar-refractivity contribution in [3.63, 3.8) is 0 Å². The van der Waals surface area contributed by atoms with Gasteiger partial charge >= 0.3 is 0 Å². The lowest BCUT2D eigenvalue weighted by Crippen LogP contribution is -2.48. The molecule has 0 spiro atoms. The SMILES string of the molecule is O=C(C[C@H]1OCCN(Cc2ccccc2)C1=O)NCc1ccccc1. The van der Waals surface area contributed by atoms with Gasteiger partial charge in [-0.1, -0.05) is 60.7 Å². The maximum absolute atomic E-state index is 12.6. The minimum absolute atomic E-state index is 0.0525. The van der Waals surface area contributed by atoms with Gasteiger partial charge in [-0.3, -0.25) is 9.59 Å². The molecule has 1 heterocycles. The highest BCUT2D eigenvalue weighted by atomic mass is 16.5. The van der Waals surface area contributed by atoms with Gasteiger partial charge in [0.25, 0.3) is 5.91 Å². The molecule has 1 aliphatic heterocycles. The standard InChI is InChI=1S/C20H22N2O3/c23-19(21-14-16-7-3-1-4-8-16)13-18-20(24)22(11-12-25-18)15-17-9-5-2-6-10-17/h1-10,18H,11-15H2,(H,21,23)/t18-/m1/s1. The third kappa shape index (κ3) is 4.90. The third-order valence-electron chi connectivity index (χ3n) is 4.19. The number of nitrogens with zero attached hydrogens (tertiary/aromatic N) is 1. The van der Waals surface area contributed by atoms with Crippen molar-refractivity contribution in [3.8, 4) is 0 Å². The first kappa shape index (κ1) is 17.2. The van der Waals surface area contributed by atoms with Gasteiger partial charge in [0.1, 0.15) is 6.10 Å². The van der Waals surface area contributed by atoms with Crippen molar-refractivity contribution in [3.05, 3.63) is 71.8 Å². The van der Waals surface area contributed by atoms with Gasteiger partial charge in [-0.05, 0) is 11.1 Å². The molecule has 0 radical (unpaired) electrons. The van der Waals surface area contributed by atoms with Crippen molar-refractivity contribution >= 4 is 11.8 Å². The third-order valence-corrected chi connectivity index (χ3v) is 4.19. The molecule has 1 fully saturated rings. The summed E-state index contributed by atoms with van der Waals surface area (Å²) in [6.07, 6.45) is -0.648. The molecular formula is C20H22N2O3. The summed E-state index contributed by atoms with van der Waals surface area (Å²) in [5.74, 6) is -0.297. The fourth-order valence-corrected chi connectivity index (χ4v) is 2.83. The van der Waals surface area contributed by atoms with E-state index in [0.717, 1.165) is 11.1 Å². The molecule has 0 saturated carbocycles. The molecule has 25 heavy (non-hydrogen) atoms. The summed E-state index contributed by atoms with van der Waals surface area (Å²) >= 11 is 0. The van der Waals surface area contributed by atoms with E-state index >= 15 is 0 Å². The molecule has 0 unspecified atom stereocenters. The Morgan fingerprint density at radius 1 is 1.04 bits per heavy atom. The smallest absolute Gasteiger partial charge is 0.252 e. The van der Waals surface area contributed by atoms with Gasteiger partial charge in [-0.25, -0.2) is 0 Å². The Hall–Kier alpha value is -2.66. The van der Waals surface area contributed by atoms with Crippen molar-refractivity contribution < 1.29 is 14.3 Å². The average molecular weight is 338 g/mol. The molecule has 1 saturated heterocycles. The van der Waals surface area contributed by atoms with Gasteiger partial charge in [0.15, 0.2) is 0 Å². The molecule has 130 valence electrons. The van der Waals surface area contributed by atoms with Crippen LogP contribution in [0.3, 0.4) is 0 Å². The van der Waals surface area contributed by atoms with E-state index in [2.05, 4.69) is 5.32 Å². The summed E-state index contributed by atoms with van der Waals surface area (Å²) in [6, 6.07) is 19.5. The lowest BCUT2D eigenvalue weighted by Gasteiger charge is -2.32. The number of carbonyl (C=O) groups is 2. The van der Waals surface area contributed by atoms with Gasteiger partial charge in [-0.15, -0.1) is 0 Å². The van der Waals surface area contributed by atoms with E-state index in [1.54, 1.807) is 4.90 Å². The highest BCUT2D eigenvalue weighted by Crippen LogP contribution is 2.14. The normalized spacial score (nSPS) is 17.4. The number of ether oxygens (including phenoxy) is 1. The largest absolute Gasteiger partial charge is 0.366 e. The van der Waals surface area contributed by atoms with Crippen molar-refractivity contribution in [1.82, 2.24) is 10.2 Å². The molecule has 2 amide bonds. The van der Waals surface area contributed by atoms with Gasteiger partial charge in [0, 0.05) is 19.6 Å². The van der Waals surface area contributed by atoms with E-state index in [1.807, 2.05) is 60.7 Å². The van der Waals surface area contributed by atoms with Crippen LogP contribution in [0.2, 0.25) is 0 Å². The number of morpholine rings is 1. The number of amides is 2. The molecular weight excluding hydrogens is 316 g/mol. The molecule has 5 heteroatoms. The lowest BCUT2D eigenvalue weighted by atomic mass is 10.1. The van der Waals surface area contributed by atoms with Crippen molar-refractivity contribution in [1.29, 1.82) is 0 Å². The van der Waals surface area contributed by atoms with Gasteiger partial charge in [-0.2, -0.15) is 0 Å². The first-order valence-electron chi connectivity index (χ1n) is 8.47. The first-order chi connectivity index (χ1) is 12.2. The molecule has 0 aliphatic carbocycles. The molecule has 1 aliphatic rings. The Bertz CT molecular complexity index is 703. The van der Waals surface area contributed by atoms with Gasteiger partial charge < -0.3 is 15.0 Å². The van der Waals surface area contributed by atoms with Crippen LogP contribution in [0.4, 0.5) is 0 Å². The fourth-order valence-electron chi connectivity index (χ4n) is 2.83. The van der Waals surface area contributed by atoms with E-state index in [4.69, 9.17) is 4.74 Å². The Labute approximate surface area is 147 Å². The second-order valence-corrected chi connectivity index (χ2v) is 6.07. The minimum Gasteiger partial charge on any atom is -0.366 e. The van der Waals surface area contributed by atoms with Gasteiger partial charge in [0.05, 0.1) is 13.0 Å². The monoisotopic (exact) mass is 338 g/mol. The molecule has 5 nitrogen and oxygen atoms in total. The maximum atomic E-state index is 12.6. The summed E-state index contributed by atoms with van der Waals surface area (Å²) < 4.78 is 5.53. The zero-order valence-corrected chi connectivity index (χ0v) is 14.1. The Morgan fingerprint density at radius 3 is 2.36 bits per heavy atom. The highest BCUT2D eigenvalue weighted by Gasteiger charge is 2.31. The zero-order chi connectivity index (χ0) is 17.5. The van der Waals surface area contributed by atoms with Crippen molar-refractivity contribution in [2.45, 2.75) is 25.6 Å². The number of rotatable bonds is 6. The van der Waals surface area contributed by atoms with E-state index < -0.39 is 6.10 Å². The van der Waals surface area contributed by atoms with E-state index in [1.165, 1.54) is 0 Å². The van der Waals surface area contributed by atoms with Crippen LogP contribution < -0.4 is 5.32 Å². The molecule has 0 aromatic heterocycles. The highest BCUT2D eigenvalue weighted by molar-refractivity contribution is 5.88. The summed E-state index contributed by atoms with van der Waals surface area (Å²) in [5, 5.41) is 2.84. The van der Waals surface area contributed by atoms with Crippen LogP contribution in [-0.2, 0) is 27.4 Å². The number of hydrogen-bond donors (Lipinski definition) is 1. The molecule has 0 bridgehead atoms. The lowest BCUT2D eigenvalue weighted by molar-refractivity contribution is -0.156. The Kier molecular flexibility index (Phi) is 5.80. The summed E-state index contributed by atoms with van der Waals surface area (Å²) in [5.41, 5.74) is 2.10. The van der Waals surface area contributed by atoms with Crippen LogP contribution in [0, 0.1) is 0 Å². The maximum Gasteiger partial charge on any atom is 0.252 e. The van der Waals surface area contributed by atoms with Crippen LogP contribution in [-0.4, -0.2) is 36.0 Å². The predicted molar refractivity (Wildman–Crippen MR) is 94.5 cm³/mol. The number of hydrogen-bond acceptors (Lipinski definition) is 3. The number of nitrogens with one attached hydrogen (secondary N) is 1. The van der Waals surface area contributed by atoms with E-state index in [-0.39, 0.29) is 18.2 Å². The number of benzene rings is 2.